The second kappa shape index (κ2) is 7.47. The molecule has 2 fully saturated rings. The molecule has 0 amide bonds. The number of methoxy groups -OCH3 is 1. The number of hydrogen-bond donors (Lipinski definition) is 5. The molecular formula is C13H24O9. The molecule has 0 aromatic carbocycles. The molecular weight excluding hydrogens is 300 g/mol. The van der Waals surface area contributed by atoms with E-state index in [1.54, 1.807) is 6.92 Å². The summed E-state index contributed by atoms with van der Waals surface area (Å²) in [5, 5.41) is 49.1. The summed E-state index contributed by atoms with van der Waals surface area (Å²) in [6.07, 6.45) is -9.01. The molecule has 22 heavy (non-hydrogen) atoms. The van der Waals surface area contributed by atoms with Gasteiger partial charge in [-0.15, -0.1) is 0 Å². The molecule has 0 spiro atoms. The highest BCUT2D eigenvalue weighted by atomic mass is 16.7. The molecule has 0 saturated carbocycles. The maximum Gasteiger partial charge on any atom is 0.186 e. The average Bonchev–Trinajstić information content (AvgIpc) is 2.52. The van der Waals surface area contributed by atoms with Gasteiger partial charge in [0, 0.05) is 13.0 Å². The summed E-state index contributed by atoms with van der Waals surface area (Å²) in [7, 11) is 1.33. The second-order valence-electron chi connectivity index (χ2n) is 5.66. The molecule has 0 bridgehead atoms. The van der Waals surface area contributed by atoms with E-state index < -0.39 is 55.1 Å². The molecule has 0 aromatic rings. The quantitative estimate of drug-likeness (QED) is 0.370. The largest absolute Gasteiger partial charge is 0.394 e. The van der Waals surface area contributed by atoms with Crippen LogP contribution in [0.5, 0.6) is 0 Å². The van der Waals surface area contributed by atoms with Crippen LogP contribution in [0.2, 0.25) is 0 Å². The van der Waals surface area contributed by atoms with Gasteiger partial charge < -0.3 is 44.5 Å². The van der Waals surface area contributed by atoms with Gasteiger partial charge in [0.1, 0.15) is 24.4 Å². The minimum absolute atomic E-state index is 0.0846. The Morgan fingerprint density at radius 1 is 1.00 bits per heavy atom. The van der Waals surface area contributed by atoms with Crippen LogP contribution in [0.4, 0.5) is 0 Å². The molecule has 2 rings (SSSR count). The van der Waals surface area contributed by atoms with E-state index in [1.165, 1.54) is 7.11 Å². The first-order valence-electron chi connectivity index (χ1n) is 7.19. The van der Waals surface area contributed by atoms with Crippen LogP contribution in [0.15, 0.2) is 0 Å². The van der Waals surface area contributed by atoms with Crippen molar-refractivity contribution in [1.82, 2.24) is 0 Å². The molecule has 2 saturated heterocycles. The lowest BCUT2D eigenvalue weighted by atomic mass is 9.91. The van der Waals surface area contributed by atoms with E-state index in [4.69, 9.17) is 18.9 Å². The number of hydrogen-bond acceptors (Lipinski definition) is 9. The Bertz CT molecular complexity index is 352. The SMILES string of the molecule is CO[C@@H]1OC[C@@H](OC2OC(CO)[C@@H](C)[C@H](O)C2O)C(O)C1O. The van der Waals surface area contributed by atoms with Crippen LogP contribution < -0.4 is 0 Å². The van der Waals surface area contributed by atoms with Crippen molar-refractivity contribution in [2.75, 3.05) is 20.3 Å². The van der Waals surface area contributed by atoms with Crippen LogP contribution in [0.25, 0.3) is 0 Å². The molecule has 5 N–H and O–H groups in total. The molecule has 130 valence electrons. The van der Waals surface area contributed by atoms with Gasteiger partial charge in [-0.2, -0.15) is 0 Å². The maximum absolute atomic E-state index is 10.0. The summed E-state index contributed by atoms with van der Waals surface area (Å²) in [6, 6.07) is 0. The molecule has 9 atom stereocenters. The topological polar surface area (TPSA) is 138 Å². The van der Waals surface area contributed by atoms with Crippen LogP contribution in [0, 0.1) is 5.92 Å². The van der Waals surface area contributed by atoms with Gasteiger partial charge in [-0.3, -0.25) is 0 Å². The highest BCUT2D eigenvalue weighted by Crippen LogP contribution is 2.29. The number of ether oxygens (including phenoxy) is 4. The Hall–Kier alpha value is -0.360. The molecule has 2 heterocycles. The lowest BCUT2D eigenvalue weighted by Gasteiger charge is -2.44. The Balaban J connectivity index is 2.00. The summed E-state index contributed by atoms with van der Waals surface area (Å²) in [5.41, 5.74) is 0. The van der Waals surface area contributed by atoms with Crippen LogP contribution in [-0.2, 0) is 18.9 Å². The summed E-state index contributed by atoms with van der Waals surface area (Å²) < 4.78 is 20.9. The third-order valence-electron chi connectivity index (χ3n) is 4.22. The van der Waals surface area contributed by atoms with Crippen molar-refractivity contribution in [3.63, 3.8) is 0 Å². The van der Waals surface area contributed by atoms with Crippen LogP contribution in [0.1, 0.15) is 6.92 Å². The fourth-order valence-corrected chi connectivity index (χ4v) is 2.66. The van der Waals surface area contributed by atoms with E-state index >= 15 is 0 Å². The first kappa shape index (κ1) is 18.0. The van der Waals surface area contributed by atoms with Gasteiger partial charge >= 0.3 is 0 Å². The first-order valence-corrected chi connectivity index (χ1v) is 7.19. The zero-order valence-corrected chi connectivity index (χ0v) is 12.5. The van der Waals surface area contributed by atoms with Crippen molar-refractivity contribution in [2.24, 2.45) is 5.92 Å². The molecule has 0 aromatic heterocycles. The first-order chi connectivity index (χ1) is 10.4. The van der Waals surface area contributed by atoms with Crippen molar-refractivity contribution >= 4 is 0 Å². The molecule has 0 radical (unpaired) electrons. The Morgan fingerprint density at radius 3 is 2.23 bits per heavy atom. The lowest BCUT2D eigenvalue weighted by Crippen LogP contribution is -2.60. The fourth-order valence-electron chi connectivity index (χ4n) is 2.66. The number of aliphatic hydroxyl groups excluding tert-OH is 5. The maximum atomic E-state index is 10.0. The predicted octanol–water partition coefficient (Wildman–Crippen LogP) is -2.83. The van der Waals surface area contributed by atoms with Gasteiger partial charge in [-0.25, -0.2) is 0 Å². The Kier molecular flexibility index (Phi) is 6.11. The second-order valence-corrected chi connectivity index (χ2v) is 5.66. The van der Waals surface area contributed by atoms with Crippen LogP contribution in [-0.4, -0.2) is 95.1 Å². The minimum atomic E-state index is -1.35. The number of aliphatic hydroxyl groups is 5. The minimum Gasteiger partial charge on any atom is -0.394 e. The predicted molar refractivity (Wildman–Crippen MR) is 70.6 cm³/mol. The van der Waals surface area contributed by atoms with Gasteiger partial charge in [-0.05, 0) is 0 Å². The molecule has 2 aliphatic rings. The van der Waals surface area contributed by atoms with E-state index in [-0.39, 0.29) is 13.2 Å². The van der Waals surface area contributed by atoms with Crippen LogP contribution >= 0.6 is 0 Å². The highest BCUT2D eigenvalue weighted by molar-refractivity contribution is 4.89. The molecule has 0 aliphatic carbocycles. The van der Waals surface area contributed by atoms with E-state index in [2.05, 4.69) is 0 Å². The highest BCUT2D eigenvalue weighted by Gasteiger charge is 2.46. The summed E-state index contributed by atoms with van der Waals surface area (Å²) in [4.78, 5) is 0. The van der Waals surface area contributed by atoms with E-state index in [9.17, 15) is 25.5 Å². The van der Waals surface area contributed by atoms with Crippen molar-refractivity contribution in [3.8, 4) is 0 Å². The zero-order valence-electron chi connectivity index (χ0n) is 12.5. The summed E-state index contributed by atoms with van der Waals surface area (Å²) in [5.74, 6) is -0.476. The van der Waals surface area contributed by atoms with Gasteiger partial charge in [0.2, 0.25) is 0 Å². The monoisotopic (exact) mass is 324 g/mol. The third-order valence-corrected chi connectivity index (χ3v) is 4.22. The lowest BCUT2D eigenvalue weighted by molar-refractivity contribution is -0.336. The molecule has 9 nitrogen and oxygen atoms in total. The smallest absolute Gasteiger partial charge is 0.186 e. The van der Waals surface area contributed by atoms with Gasteiger partial charge in [0.05, 0.1) is 25.4 Å². The Labute approximate surface area is 128 Å². The molecule has 2 aliphatic heterocycles. The zero-order chi connectivity index (χ0) is 16.4. The van der Waals surface area contributed by atoms with Crippen molar-refractivity contribution in [2.45, 2.75) is 56.1 Å². The summed E-state index contributed by atoms with van der Waals surface area (Å²) in [6.45, 7) is 1.21. The van der Waals surface area contributed by atoms with Crippen molar-refractivity contribution in [1.29, 1.82) is 0 Å². The van der Waals surface area contributed by atoms with Crippen molar-refractivity contribution < 1.29 is 44.5 Å². The normalized spacial score (nSPS) is 50.0. The number of rotatable bonds is 4. The van der Waals surface area contributed by atoms with Crippen LogP contribution in [0.3, 0.4) is 0 Å². The van der Waals surface area contributed by atoms with Gasteiger partial charge in [0.25, 0.3) is 0 Å². The van der Waals surface area contributed by atoms with E-state index in [0.717, 1.165) is 0 Å². The van der Waals surface area contributed by atoms with Crippen molar-refractivity contribution in [3.05, 3.63) is 0 Å². The van der Waals surface area contributed by atoms with E-state index in [0.29, 0.717) is 0 Å². The van der Waals surface area contributed by atoms with E-state index in [1.807, 2.05) is 0 Å². The standard InChI is InChI=1S/C13H24O9/c1-5-6(3-14)21-13(10(17)8(5)15)22-7-4-20-12(19-2)11(18)9(7)16/h5-18H,3-4H2,1-2H3/t5-,6?,7-,8+,9?,10?,11?,12-,13?/m1/s1. The molecule has 5 unspecified atom stereocenters. The fraction of sp³-hybridized carbons (Fsp3) is 1.00. The summed E-state index contributed by atoms with van der Waals surface area (Å²) >= 11 is 0. The average molecular weight is 324 g/mol. The molecule has 9 heteroatoms. The third kappa shape index (κ3) is 3.42. The van der Waals surface area contributed by atoms with Gasteiger partial charge in [-0.1, -0.05) is 6.92 Å². The van der Waals surface area contributed by atoms with Gasteiger partial charge in [0.15, 0.2) is 12.6 Å². The Morgan fingerprint density at radius 2 is 1.64 bits per heavy atom.